The molecule has 1 nitrogen and oxygen atoms in total. The SMILES string of the molecule is CC1(C)CCC(N)CC1c1cscc1Br. The Balaban J connectivity index is 2.29. The van der Waals surface area contributed by atoms with Crippen LogP contribution >= 0.6 is 27.3 Å². The van der Waals surface area contributed by atoms with Crippen LogP contribution in [0.25, 0.3) is 0 Å². The highest BCUT2D eigenvalue weighted by molar-refractivity contribution is 9.10. The van der Waals surface area contributed by atoms with Gasteiger partial charge in [-0.15, -0.1) is 0 Å². The highest BCUT2D eigenvalue weighted by Crippen LogP contribution is 2.48. The molecule has 0 radical (unpaired) electrons. The maximum Gasteiger partial charge on any atom is 0.0317 e. The maximum absolute atomic E-state index is 6.09. The molecule has 2 atom stereocenters. The zero-order chi connectivity index (χ0) is 11.1. The summed E-state index contributed by atoms with van der Waals surface area (Å²) >= 11 is 5.42. The van der Waals surface area contributed by atoms with Crippen LogP contribution < -0.4 is 5.73 Å². The molecule has 0 spiro atoms. The van der Waals surface area contributed by atoms with Crippen LogP contribution in [-0.4, -0.2) is 6.04 Å². The molecule has 2 N–H and O–H groups in total. The van der Waals surface area contributed by atoms with Crippen LogP contribution in [0, 0.1) is 5.41 Å². The van der Waals surface area contributed by atoms with Crippen molar-refractivity contribution in [3.63, 3.8) is 0 Å². The third-order valence-corrected chi connectivity index (χ3v) is 5.41. The molecule has 3 heteroatoms. The van der Waals surface area contributed by atoms with E-state index in [1.165, 1.54) is 22.9 Å². The first-order chi connectivity index (χ1) is 7.00. The van der Waals surface area contributed by atoms with Crippen LogP contribution in [0.4, 0.5) is 0 Å². The van der Waals surface area contributed by atoms with Crippen molar-refractivity contribution in [2.24, 2.45) is 11.1 Å². The van der Waals surface area contributed by atoms with Gasteiger partial charge in [0.15, 0.2) is 0 Å². The molecule has 0 amide bonds. The maximum atomic E-state index is 6.09. The molecule has 1 aliphatic rings. The van der Waals surface area contributed by atoms with Gasteiger partial charge in [-0.2, -0.15) is 11.3 Å². The first-order valence-electron chi connectivity index (χ1n) is 5.48. The molecule has 15 heavy (non-hydrogen) atoms. The normalized spacial score (nSPS) is 30.4. The standard InChI is InChI=1S/C12H18BrNS/c1-12(2)4-3-8(14)5-10(12)9-6-15-7-11(9)13/h6-8,10H,3-5,14H2,1-2H3. The van der Waals surface area contributed by atoms with Crippen LogP contribution in [0.1, 0.15) is 44.6 Å². The fourth-order valence-electron chi connectivity index (χ4n) is 2.56. The summed E-state index contributed by atoms with van der Waals surface area (Å²) < 4.78 is 1.26. The van der Waals surface area contributed by atoms with Crippen molar-refractivity contribution in [1.82, 2.24) is 0 Å². The van der Waals surface area contributed by atoms with Gasteiger partial charge in [0.2, 0.25) is 0 Å². The summed E-state index contributed by atoms with van der Waals surface area (Å²) in [6, 6.07) is 0.384. The lowest BCUT2D eigenvalue weighted by molar-refractivity contribution is 0.183. The second-order valence-corrected chi connectivity index (χ2v) is 6.85. The zero-order valence-electron chi connectivity index (χ0n) is 9.29. The van der Waals surface area contributed by atoms with E-state index in [2.05, 4.69) is 40.5 Å². The van der Waals surface area contributed by atoms with Gasteiger partial charge in [0.05, 0.1) is 0 Å². The van der Waals surface area contributed by atoms with E-state index in [0.717, 1.165) is 6.42 Å². The van der Waals surface area contributed by atoms with E-state index in [1.807, 2.05) is 0 Å². The highest BCUT2D eigenvalue weighted by Gasteiger charge is 2.37. The minimum Gasteiger partial charge on any atom is -0.328 e. The van der Waals surface area contributed by atoms with Crippen molar-refractivity contribution >= 4 is 27.3 Å². The molecule has 2 unspecified atom stereocenters. The van der Waals surface area contributed by atoms with E-state index < -0.39 is 0 Å². The molecule has 0 saturated heterocycles. The van der Waals surface area contributed by atoms with Crippen LogP contribution in [0.15, 0.2) is 15.2 Å². The van der Waals surface area contributed by atoms with Crippen molar-refractivity contribution in [2.45, 2.75) is 45.1 Å². The average molecular weight is 288 g/mol. The van der Waals surface area contributed by atoms with Crippen molar-refractivity contribution in [3.05, 3.63) is 20.8 Å². The van der Waals surface area contributed by atoms with Crippen molar-refractivity contribution < 1.29 is 0 Å². The molecule has 0 aromatic carbocycles. The molecule has 84 valence electrons. The minimum atomic E-state index is 0.384. The van der Waals surface area contributed by atoms with Gasteiger partial charge in [-0.3, -0.25) is 0 Å². The fraction of sp³-hybridized carbons (Fsp3) is 0.667. The number of nitrogens with two attached hydrogens (primary N) is 1. The molecule has 1 aromatic heterocycles. The lowest BCUT2D eigenvalue weighted by Gasteiger charge is -2.41. The summed E-state index contributed by atoms with van der Waals surface area (Å²) in [6.07, 6.45) is 3.54. The average Bonchev–Trinajstić information content (AvgIpc) is 2.56. The number of halogens is 1. The van der Waals surface area contributed by atoms with Crippen LogP contribution in [0.2, 0.25) is 0 Å². The van der Waals surface area contributed by atoms with Crippen molar-refractivity contribution in [1.29, 1.82) is 0 Å². The lowest BCUT2D eigenvalue weighted by atomic mass is 9.65. The molecular formula is C12H18BrNS. The molecule has 2 rings (SSSR count). The molecule has 0 aliphatic heterocycles. The Labute approximate surface area is 104 Å². The van der Waals surface area contributed by atoms with E-state index in [0.29, 0.717) is 17.4 Å². The van der Waals surface area contributed by atoms with E-state index in [-0.39, 0.29) is 0 Å². The predicted octanol–water partition coefficient (Wildman–Crippen LogP) is 4.13. The van der Waals surface area contributed by atoms with E-state index in [9.17, 15) is 0 Å². The topological polar surface area (TPSA) is 26.0 Å². The summed E-state index contributed by atoms with van der Waals surface area (Å²) in [6.45, 7) is 4.74. The lowest BCUT2D eigenvalue weighted by Crippen LogP contribution is -2.36. The summed E-state index contributed by atoms with van der Waals surface area (Å²) in [4.78, 5) is 0. The van der Waals surface area contributed by atoms with E-state index in [1.54, 1.807) is 11.3 Å². The summed E-state index contributed by atoms with van der Waals surface area (Å²) in [7, 11) is 0. The molecule has 1 aliphatic carbocycles. The summed E-state index contributed by atoms with van der Waals surface area (Å²) in [5, 5.41) is 4.44. The summed E-state index contributed by atoms with van der Waals surface area (Å²) in [5.41, 5.74) is 7.94. The fourth-order valence-corrected chi connectivity index (χ4v) is 4.19. The van der Waals surface area contributed by atoms with Gasteiger partial charge in [0, 0.05) is 15.9 Å². The predicted molar refractivity (Wildman–Crippen MR) is 70.4 cm³/mol. The van der Waals surface area contributed by atoms with Gasteiger partial charge in [-0.25, -0.2) is 0 Å². The smallest absolute Gasteiger partial charge is 0.0317 e. The zero-order valence-corrected chi connectivity index (χ0v) is 11.7. The van der Waals surface area contributed by atoms with Crippen LogP contribution in [0.5, 0.6) is 0 Å². The van der Waals surface area contributed by atoms with Gasteiger partial charge in [-0.05, 0) is 57.5 Å². The number of hydrogen-bond acceptors (Lipinski definition) is 2. The first kappa shape index (κ1) is 11.6. The Bertz CT molecular complexity index is 345. The van der Waals surface area contributed by atoms with E-state index >= 15 is 0 Å². The largest absolute Gasteiger partial charge is 0.328 e. The number of rotatable bonds is 1. The first-order valence-corrected chi connectivity index (χ1v) is 7.21. The third kappa shape index (κ3) is 2.29. The molecule has 0 bridgehead atoms. The summed E-state index contributed by atoms with van der Waals surface area (Å²) in [5.74, 6) is 0.613. The Hall–Kier alpha value is 0.140. The third-order valence-electron chi connectivity index (χ3n) is 3.66. The Morgan fingerprint density at radius 2 is 2.20 bits per heavy atom. The van der Waals surface area contributed by atoms with Gasteiger partial charge in [0.1, 0.15) is 0 Å². The second-order valence-electron chi connectivity index (χ2n) is 5.25. The highest BCUT2D eigenvalue weighted by atomic mass is 79.9. The molecule has 1 heterocycles. The van der Waals surface area contributed by atoms with Gasteiger partial charge in [0.25, 0.3) is 0 Å². The Morgan fingerprint density at radius 3 is 2.80 bits per heavy atom. The van der Waals surface area contributed by atoms with Crippen molar-refractivity contribution in [3.8, 4) is 0 Å². The second kappa shape index (κ2) is 4.19. The quantitative estimate of drug-likeness (QED) is 0.826. The monoisotopic (exact) mass is 287 g/mol. The van der Waals surface area contributed by atoms with Crippen molar-refractivity contribution in [2.75, 3.05) is 0 Å². The Morgan fingerprint density at radius 1 is 1.47 bits per heavy atom. The number of hydrogen-bond donors (Lipinski definition) is 1. The molecule has 1 aromatic rings. The Kier molecular flexibility index (Phi) is 3.25. The van der Waals surface area contributed by atoms with E-state index in [4.69, 9.17) is 5.73 Å². The molecular weight excluding hydrogens is 270 g/mol. The molecule has 1 saturated carbocycles. The van der Waals surface area contributed by atoms with Gasteiger partial charge < -0.3 is 5.73 Å². The van der Waals surface area contributed by atoms with Gasteiger partial charge >= 0.3 is 0 Å². The van der Waals surface area contributed by atoms with Crippen LogP contribution in [0.3, 0.4) is 0 Å². The van der Waals surface area contributed by atoms with Gasteiger partial charge in [-0.1, -0.05) is 13.8 Å². The number of thiophene rings is 1. The molecule has 1 fully saturated rings. The minimum absolute atomic E-state index is 0.384. The van der Waals surface area contributed by atoms with Crippen LogP contribution in [-0.2, 0) is 0 Å².